The zero-order valence-electron chi connectivity index (χ0n) is 17.0. The summed E-state index contributed by atoms with van der Waals surface area (Å²) in [6, 6.07) is 8.93. The number of esters is 1. The number of nitrogens with zero attached hydrogens (tertiary/aromatic N) is 1. The van der Waals surface area contributed by atoms with Crippen LogP contribution in [0.3, 0.4) is 0 Å². The highest BCUT2D eigenvalue weighted by Gasteiger charge is 2.36. The van der Waals surface area contributed by atoms with Crippen LogP contribution in [-0.4, -0.2) is 70.6 Å². The van der Waals surface area contributed by atoms with Crippen LogP contribution in [0.5, 0.6) is 0 Å². The van der Waals surface area contributed by atoms with E-state index >= 15 is 0 Å². The topological polar surface area (TPSA) is 132 Å². The second-order valence-corrected chi connectivity index (χ2v) is 11.8. The molecular formula is C21H19NO8S2. The Balaban J connectivity index is 1.51. The van der Waals surface area contributed by atoms with Crippen molar-refractivity contribution < 1.29 is 36.0 Å². The van der Waals surface area contributed by atoms with Gasteiger partial charge in [-0.25, -0.2) is 21.6 Å². The molecule has 32 heavy (non-hydrogen) atoms. The van der Waals surface area contributed by atoms with Crippen molar-refractivity contribution in [2.45, 2.75) is 22.3 Å². The molecule has 2 aromatic carbocycles. The van der Waals surface area contributed by atoms with Crippen LogP contribution in [0, 0.1) is 0 Å². The number of carbonyl (C=O) groups is 3. The third-order valence-electron chi connectivity index (χ3n) is 5.65. The molecule has 168 valence electrons. The summed E-state index contributed by atoms with van der Waals surface area (Å²) in [4.78, 5) is 38.2. The SMILES string of the molecule is CN(C(=O)COC(=O)c1ccc2c(c1)S(=O)(=O)c1ccccc1C2=O)[C@@H]1CCS(=O)(=O)C1. The van der Waals surface area contributed by atoms with Crippen molar-refractivity contribution in [3.05, 3.63) is 59.2 Å². The van der Waals surface area contributed by atoms with Crippen LogP contribution in [0.4, 0.5) is 0 Å². The van der Waals surface area contributed by atoms with Gasteiger partial charge < -0.3 is 9.64 Å². The molecule has 1 atom stereocenters. The van der Waals surface area contributed by atoms with Crippen molar-refractivity contribution in [1.29, 1.82) is 0 Å². The first-order chi connectivity index (χ1) is 15.0. The monoisotopic (exact) mass is 477 g/mol. The lowest BCUT2D eigenvalue weighted by atomic mass is 10.0. The molecule has 0 spiro atoms. The summed E-state index contributed by atoms with van der Waals surface area (Å²) in [5.74, 6) is -2.11. The molecule has 1 saturated heterocycles. The minimum atomic E-state index is -4.02. The van der Waals surface area contributed by atoms with Crippen LogP contribution >= 0.6 is 0 Å². The second kappa shape index (κ2) is 7.82. The lowest BCUT2D eigenvalue weighted by Crippen LogP contribution is -2.40. The van der Waals surface area contributed by atoms with E-state index < -0.39 is 50.0 Å². The number of rotatable bonds is 4. The zero-order chi connectivity index (χ0) is 23.3. The van der Waals surface area contributed by atoms with Crippen LogP contribution in [-0.2, 0) is 29.2 Å². The number of ether oxygens (including phenoxy) is 1. The van der Waals surface area contributed by atoms with Crippen molar-refractivity contribution in [3.8, 4) is 0 Å². The zero-order valence-corrected chi connectivity index (χ0v) is 18.6. The predicted molar refractivity (Wildman–Crippen MR) is 112 cm³/mol. The van der Waals surface area contributed by atoms with E-state index in [1.165, 1.54) is 42.3 Å². The van der Waals surface area contributed by atoms with Crippen LogP contribution < -0.4 is 0 Å². The number of hydrogen-bond donors (Lipinski definition) is 0. The number of benzene rings is 2. The Morgan fingerprint density at radius 3 is 2.41 bits per heavy atom. The van der Waals surface area contributed by atoms with Crippen molar-refractivity contribution in [2.24, 2.45) is 0 Å². The molecule has 4 rings (SSSR count). The molecular weight excluding hydrogens is 458 g/mol. The third-order valence-corrected chi connectivity index (χ3v) is 9.25. The van der Waals surface area contributed by atoms with Gasteiger partial charge in [0.15, 0.2) is 22.2 Å². The predicted octanol–water partition coefficient (Wildman–Crippen LogP) is 0.866. The largest absolute Gasteiger partial charge is 0.452 e. The van der Waals surface area contributed by atoms with Gasteiger partial charge in [0, 0.05) is 24.2 Å². The maximum absolute atomic E-state index is 13.0. The van der Waals surface area contributed by atoms with Crippen LogP contribution in [0.1, 0.15) is 32.7 Å². The Kier molecular flexibility index (Phi) is 5.41. The maximum Gasteiger partial charge on any atom is 0.338 e. The maximum atomic E-state index is 13.0. The van der Waals surface area contributed by atoms with Gasteiger partial charge in [0.2, 0.25) is 9.84 Å². The molecule has 0 saturated carbocycles. The molecule has 0 radical (unpaired) electrons. The van der Waals surface area contributed by atoms with Gasteiger partial charge in [-0.05, 0) is 36.8 Å². The fourth-order valence-corrected chi connectivity index (χ4v) is 7.26. The summed E-state index contributed by atoms with van der Waals surface area (Å²) in [5, 5.41) is 0. The second-order valence-electron chi connectivity index (χ2n) is 7.68. The Morgan fingerprint density at radius 1 is 1.03 bits per heavy atom. The number of likely N-dealkylation sites (N-methyl/N-ethyl adjacent to an activating group) is 1. The number of sulfone groups is 2. The average molecular weight is 478 g/mol. The van der Waals surface area contributed by atoms with E-state index in [0.29, 0.717) is 6.42 Å². The molecule has 0 unspecified atom stereocenters. The van der Waals surface area contributed by atoms with E-state index in [4.69, 9.17) is 4.74 Å². The van der Waals surface area contributed by atoms with E-state index in [1.807, 2.05) is 0 Å². The number of carbonyl (C=O) groups excluding carboxylic acids is 3. The van der Waals surface area contributed by atoms with Gasteiger partial charge in [-0.1, -0.05) is 12.1 Å². The fraction of sp³-hybridized carbons (Fsp3) is 0.286. The van der Waals surface area contributed by atoms with Gasteiger partial charge in [0.05, 0.1) is 26.9 Å². The highest BCUT2D eigenvalue weighted by Crippen LogP contribution is 2.34. The van der Waals surface area contributed by atoms with Crippen LogP contribution in [0.2, 0.25) is 0 Å². The van der Waals surface area contributed by atoms with Crippen LogP contribution in [0.15, 0.2) is 52.3 Å². The molecule has 9 nitrogen and oxygen atoms in total. The summed E-state index contributed by atoms with van der Waals surface area (Å²) in [6.45, 7) is -0.628. The summed E-state index contributed by atoms with van der Waals surface area (Å²) >= 11 is 0. The molecule has 2 aliphatic heterocycles. The molecule has 0 aromatic heterocycles. The molecule has 1 fully saturated rings. The molecule has 2 aromatic rings. The Morgan fingerprint density at radius 2 is 1.72 bits per heavy atom. The highest BCUT2D eigenvalue weighted by atomic mass is 32.2. The molecule has 11 heteroatoms. The fourth-order valence-electron chi connectivity index (χ4n) is 3.81. The van der Waals surface area contributed by atoms with Gasteiger partial charge >= 0.3 is 5.97 Å². The first kappa shape index (κ1) is 22.2. The summed E-state index contributed by atoms with van der Waals surface area (Å²) < 4.78 is 54.1. The van der Waals surface area contributed by atoms with Gasteiger partial charge in [-0.15, -0.1) is 0 Å². The first-order valence-corrected chi connectivity index (χ1v) is 13.0. The Bertz CT molecular complexity index is 1360. The summed E-state index contributed by atoms with van der Waals surface area (Å²) in [5.41, 5.74) is -0.102. The van der Waals surface area contributed by atoms with Crippen molar-refractivity contribution in [1.82, 2.24) is 4.90 Å². The summed E-state index contributed by atoms with van der Waals surface area (Å²) in [6.07, 6.45) is 0.316. The van der Waals surface area contributed by atoms with Gasteiger partial charge in [0.1, 0.15) is 0 Å². The van der Waals surface area contributed by atoms with Crippen LogP contribution in [0.25, 0.3) is 0 Å². The number of hydrogen-bond acceptors (Lipinski definition) is 8. The molecule has 0 aliphatic carbocycles. The summed E-state index contributed by atoms with van der Waals surface area (Å²) in [7, 11) is -5.76. The van der Waals surface area contributed by atoms with Gasteiger partial charge in [-0.3, -0.25) is 9.59 Å². The smallest absolute Gasteiger partial charge is 0.338 e. The molecule has 2 heterocycles. The van der Waals surface area contributed by atoms with E-state index in [0.717, 1.165) is 6.07 Å². The van der Waals surface area contributed by atoms with Gasteiger partial charge in [0.25, 0.3) is 5.91 Å². The highest BCUT2D eigenvalue weighted by molar-refractivity contribution is 7.92. The van der Waals surface area contributed by atoms with Gasteiger partial charge in [-0.2, -0.15) is 0 Å². The van der Waals surface area contributed by atoms with Crippen molar-refractivity contribution in [3.63, 3.8) is 0 Å². The lowest BCUT2D eigenvalue weighted by molar-refractivity contribution is -0.134. The van der Waals surface area contributed by atoms with E-state index in [1.54, 1.807) is 6.07 Å². The Labute approximate surface area is 184 Å². The third kappa shape index (κ3) is 3.82. The van der Waals surface area contributed by atoms with Crippen molar-refractivity contribution >= 4 is 37.3 Å². The average Bonchev–Trinajstić information content (AvgIpc) is 3.14. The molecule has 0 bridgehead atoms. The quantitative estimate of drug-likeness (QED) is 0.506. The number of fused-ring (bicyclic) bond motifs is 2. The minimum absolute atomic E-state index is 0.000518. The van der Waals surface area contributed by atoms with E-state index in [9.17, 15) is 31.2 Å². The number of amides is 1. The standard InChI is InChI=1S/C21H19NO8S2/c1-22(14-8-9-31(26,27)12-14)19(23)11-30-21(25)13-6-7-16-18(10-13)32(28,29)17-5-3-2-4-15(17)20(16)24/h2-7,10,14H,8-9,11-12H2,1H3/t14-/m1/s1. The normalized spacial score (nSPS) is 20.2. The Hall–Kier alpha value is -3.05. The first-order valence-electron chi connectivity index (χ1n) is 9.67. The molecule has 1 amide bonds. The van der Waals surface area contributed by atoms with E-state index in [2.05, 4.69) is 0 Å². The lowest BCUT2D eigenvalue weighted by Gasteiger charge is -2.23. The number of ketones is 1. The molecule has 2 aliphatic rings. The minimum Gasteiger partial charge on any atom is -0.452 e. The van der Waals surface area contributed by atoms with Crippen molar-refractivity contribution in [2.75, 3.05) is 25.2 Å². The molecule has 0 N–H and O–H groups in total. The van der Waals surface area contributed by atoms with E-state index in [-0.39, 0.29) is 38.0 Å².